The van der Waals surface area contributed by atoms with E-state index in [1.165, 1.54) is 5.56 Å². The summed E-state index contributed by atoms with van der Waals surface area (Å²) in [5, 5.41) is 0. The van der Waals surface area contributed by atoms with Gasteiger partial charge in [-0.2, -0.15) is 11.8 Å². The first kappa shape index (κ1) is 19.5. The second-order valence-corrected chi connectivity index (χ2v) is 7.93. The molecule has 0 radical (unpaired) electrons. The first-order valence-corrected chi connectivity index (χ1v) is 10.5. The third-order valence-corrected chi connectivity index (χ3v) is 5.89. The van der Waals surface area contributed by atoms with Crippen LogP contribution in [0.2, 0.25) is 0 Å². The first-order valence-electron chi connectivity index (χ1n) is 9.32. The lowest BCUT2D eigenvalue weighted by Crippen LogP contribution is -2.38. The molecule has 2 aromatic rings. The normalized spacial score (nSPS) is 15.0. The number of likely N-dealkylation sites (tertiary alicyclic amines) is 1. The topological polar surface area (TPSA) is 81.2 Å². The number of hydrogen-bond acceptors (Lipinski definition) is 4. The molecule has 144 valence electrons. The number of benzene rings is 1. The van der Waals surface area contributed by atoms with E-state index in [2.05, 4.69) is 17.1 Å². The summed E-state index contributed by atoms with van der Waals surface area (Å²) in [5.41, 5.74) is 6.59. The predicted molar refractivity (Wildman–Crippen MR) is 107 cm³/mol. The Bertz CT molecular complexity index is 754. The lowest BCUT2D eigenvalue weighted by molar-refractivity contribution is -0.131. The molecule has 6 nitrogen and oxygen atoms in total. The third kappa shape index (κ3) is 5.60. The maximum Gasteiger partial charge on any atom is 0.237 e. The molecule has 1 aromatic heterocycles. The Kier molecular flexibility index (Phi) is 6.92. The maximum atomic E-state index is 12.4. The fraction of sp³-hybridized carbons (Fsp3) is 0.450. The van der Waals surface area contributed by atoms with E-state index in [1.54, 1.807) is 24.2 Å². The number of hydrogen-bond donors (Lipinski definition) is 1. The molecule has 0 bridgehead atoms. The highest BCUT2D eigenvalue weighted by Crippen LogP contribution is 2.27. The van der Waals surface area contributed by atoms with Gasteiger partial charge in [0.05, 0.1) is 0 Å². The lowest BCUT2D eigenvalue weighted by Gasteiger charge is -2.32. The van der Waals surface area contributed by atoms with Crippen LogP contribution in [0.5, 0.6) is 0 Å². The predicted octanol–water partition coefficient (Wildman–Crippen LogP) is 2.40. The summed E-state index contributed by atoms with van der Waals surface area (Å²) in [6.07, 6.45) is 5.83. The van der Waals surface area contributed by atoms with Crippen molar-refractivity contribution in [3.8, 4) is 0 Å². The van der Waals surface area contributed by atoms with Crippen molar-refractivity contribution < 1.29 is 9.59 Å². The number of carbonyl (C=O) groups excluding carboxylic acids is 2. The number of aromatic nitrogens is 2. The monoisotopic (exact) mass is 386 g/mol. The van der Waals surface area contributed by atoms with Crippen LogP contribution in [0.15, 0.2) is 42.7 Å². The molecule has 0 saturated carbocycles. The lowest BCUT2D eigenvalue weighted by atomic mass is 9.95. The van der Waals surface area contributed by atoms with Crippen LogP contribution in [0.25, 0.3) is 0 Å². The summed E-state index contributed by atoms with van der Waals surface area (Å²) in [6, 6.07) is 10.3. The molecule has 7 heteroatoms. The molecule has 2 heterocycles. The largest absolute Gasteiger partial charge is 0.368 e. The zero-order chi connectivity index (χ0) is 19.1. The van der Waals surface area contributed by atoms with E-state index in [0.717, 1.165) is 43.3 Å². The number of nitrogens with two attached hydrogens (primary N) is 1. The van der Waals surface area contributed by atoms with Crippen LogP contribution < -0.4 is 5.73 Å². The second-order valence-electron chi connectivity index (χ2n) is 6.82. The smallest absolute Gasteiger partial charge is 0.237 e. The Balaban J connectivity index is 1.40. The van der Waals surface area contributed by atoms with E-state index in [9.17, 15) is 9.59 Å². The van der Waals surface area contributed by atoms with Gasteiger partial charge < -0.3 is 15.2 Å². The highest BCUT2D eigenvalue weighted by Gasteiger charge is 2.26. The van der Waals surface area contributed by atoms with Gasteiger partial charge in [0.25, 0.3) is 0 Å². The molecule has 3 rings (SSSR count). The number of primary amides is 1. The summed E-state index contributed by atoms with van der Waals surface area (Å²) in [7, 11) is 0. The fourth-order valence-corrected chi connectivity index (χ4v) is 4.34. The van der Waals surface area contributed by atoms with Crippen LogP contribution in [0.1, 0.15) is 36.6 Å². The Morgan fingerprint density at radius 2 is 1.93 bits per heavy atom. The number of piperidine rings is 1. The van der Waals surface area contributed by atoms with Gasteiger partial charge >= 0.3 is 0 Å². The fourth-order valence-electron chi connectivity index (χ4n) is 3.45. The molecule has 2 N–H and O–H groups in total. The van der Waals surface area contributed by atoms with Crippen LogP contribution >= 0.6 is 11.8 Å². The third-order valence-electron chi connectivity index (χ3n) is 4.86. The standard InChI is InChI=1S/C20H26N4O2S/c21-18(25)14-24-12-9-22-20(24)17-6-10-23(11-7-17)19(26)8-13-27-15-16-4-2-1-3-5-16/h1-5,9,12,17H,6-8,10-11,13-15H2,(H2,21,25). The van der Waals surface area contributed by atoms with Gasteiger partial charge in [-0.1, -0.05) is 30.3 Å². The molecule has 0 unspecified atom stereocenters. The van der Waals surface area contributed by atoms with E-state index in [1.807, 2.05) is 27.7 Å². The van der Waals surface area contributed by atoms with E-state index in [0.29, 0.717) is 6.42 Å². The summed E-state index contributed by atoms with van der Waals surface area (Å²) in [6.45, 7) is 1.65. The molecular weight excluding hydrogens is 360 g/mol. The summed E-state index contributed by atoms with van der Waals surface area (Å²) >= 11 is 1.80. The molecule has 0 atom stereocenters. The van der Waals surface area contributed by atoms with Crippen molar-refractivity contribution in [1.82, 2.24) is 14.5 Å². The molecule has 1 aromatic carbocycles. The van der Waals surface area contributed by atoms with Gasteiger partial charge in [-0.25, -0.2) is 4.98 Å². The number of imidazole rings is 1. The summed E-state index contributed by atoms with van der Waals surface area (Å²) in [5.74, 6) is 2.83. The van der Waals surface area contributed by atoms with Gasteiger partial charge in [0.15, 0.2) is 0 Å². The van der Waals surface area contributed by atoms with Gasteiger partial charge in [-0.15, -0.1) is 0 Å². The molecule has 27 heavy (non-hydrogen) atoms. The minimum absolute atomic E-state index is 0.160. The van der Waals surface area contributed by atoms with Gasteiger partial charge in [-0.05, 0) is 18.4 Å². The minimum atomic E-state index is -0.366. The SMILES string of the molecule is NC(=O)Cn1ccnc1C1CCN(C(=O)CCSCc2ccccc2)CC1. The average molecular weight is 387 g/mol. The van der Waals surface area contributed by atoms with Crippen LogP contribution in [-0.2, 0) is 21.9 Å². The summed E-state index contributed by atoms with van der Waals surface area (Å²) in [4.78, 5) is 30.0. The van der Waals surface area contributed by atoms with Crippen molar-refractivity contribution >= 4 is 23.6 Å². The Morgan fingerprint density at radius 1 is 1.19 bits per heavy atom. The van der Waals surface area contributed by atoms with Gasteiger partial charge in [0, 0.05) is 49.3 Å². The number of rotatable bonds is 8. The molecule has 1 aliphatic heterocycles. The molecule has 1 fully saturated rings. The number of amides is 2. The van der Waals surface area contributed by atoms with Gasteiger partial charge in [0.1, 0.15) is 12.4 Å². The maximum absolute atomic E-state index is 12.4. The molecule has 0 aliphatic carbocycles. The number of thioether (sulfide) groups is 1. The highest BCUT2D eigenvalue weighted by atomic mass is 32.2. The average Bonchev–Trinajstić information content (AvgIpc) is 3.13. The molecular formula is C20H26N4O2S. The van der Waals surface area contributed by atoms with Crippen molar-refractivity contribution in [3.63, 3.8) is 0 Å². The van der Waals surface area contributed by atoms with Gasteiger partial charge in [-0.3, -0.25) is 9.59 Å². The number of carbonyl (C=O) groups is 2. The zero-order valence-corrected chi connectivity index (χ0v) is 16.2. The van der Waals surface area contributed by atoms with E-state index >= 15 is 0 Å². The Labute approximate surface area is 164 Å². The minimum Gasteiger partial charge on any atom is -0.368 e. The summed E-state index contributed by atoms with van der Waals surface area (Å²) < 4.78 is 1.82. The molecule has 0 spiro atoms. The second kappa shape index (κ2) is 9.60. The first-order chi connectivity index (χ1) is 13.1. The van der Waals surface area contributed by atoms with E-state index < -0.39 is 0 Å². The molecule has 1 saturated heterocycles. The van der Waals surface area contributed by atoms with Crippen LogP contribution in [-0.4, -0.2) is 45.1 Å². The Morgan fingerprint density at radius 3 is 2.63 bits per heavy atom. The quantitative estimate of drug-likeness (QED) is 0.707. The molecule has 2 amide bonds. The Hall–Kier alpha value is -2.28. The van der Waals surface area contributed by atoms with E-state index in [-0.39, 0.29) is 24.3 Å². The van der Waals surface area contributed by atoms with Crippen molar-refractivity contribution in [2.75, 3.05) is 18.8 Å². The van der Waals surface area contributed by atoms with Crippen LogP contribution in [0.3, 0.4) is 0 Å². The zero-order valence-electron chi connectivity index (χ0n) is 15.4. The van der Waals surface area contributed by atoms with Crippen molar-refractivity contribution in [3.05, 3.63) is 54.1 Å². The van der Waals surface area contributed by atoms with Crippen LogP contribution in [0, 0.1) is 0 Å². The van der Waals surface area contributed by atoms with Crippen molar-refractivity contribution in [2.24, 2.45) is 5.73 Å². The molecule has 1 aliphatic rings. The van der Waals surface area contributed by atoms with Crippen molar-refractivity contribution in [1.29, 1.82) is 0 Å². The van der Waals surface area contributed by atoms with Gasteiger partial charge in [0.2, 0.25) is 11.8 Å². The number of nitrogens with zero attached hydrogens (tertiary/aromatic N) is 3. The highest BCUT2D eigenvalue weighted by molar-refractivity contribution is 7.98. The van der Waals surface area contributed by atoms with Crippen molar-refractivity contribution in [2.45, 2.75) is 37.5 Å². The van der Waals surface area contributed by atoms with E-state index in [4.69, 9.17) is 5.73 Å². The van der Waals surface area contributed by atoms with Crippen LogP contribution in [0.4, 0.5) is 0 Å².